The van der Waals surface area contributed by atoms with Crippen molar-refractivity contribution in [3.63, 3.8) is 0 Å². The van der Waals surface area contributed by atoms with E-state index in [2.05, 4.69) is 20.6 Å². The topological polar surface area (TPSA) is 95.0 Å². The summed E-state index contributed by atoms with van der Waals surface area (Å²) in [5, 5.41) is 25.0. The summed E-state index contributed by atoms with van der Waals surface area (Å²) in [5.74, 6) is 0.996. The number of aliphatic hydroxyl groups excluding tert-OH is 1. The highest BCUT2D eigenvalue weighted by Gasteiger charge is 2.30. The van der Waals surface area contributed by atoms with E-state index in [-0.39, 0.29) is 5.91 Å². The standard InChI is InChI=1S/C21H30ClN5O2/c22-17-7-5-6-16(14-17)15-19(28)12-13-27-18(10-11-21(27)29)8-3-1-2-4-9-20-23-25-26-24-20/h5-7,14,18-19,28H,1-4,8-13,15H2,(H,23,24,25,26)/t18-,19?/m0/s1. The fraction of sp³-hybridized carbons (Fsp3) is 0.619. The molecule has 0 spiro atoms. The van der Waals surface area contributed by atoms with Gasteiger partial charge >= 0.3 is 0 Å². The van der Waals surface area contributed by atoms with Crippen molar-refractivity contribution in [2.75, 3.05) is 6.54 Å². The second-order valence-corrected chi connectivity index (χ2v) is 8.27. The van der Waals surface area contributed by atoms with Crippen molar-refractivity contribution in [2.24, 2.45) is 0 Å². The Kier molecular flexibility index (Phi) is 8.43. The number of unbranched alkanes of at least 4 members (excludes halogenated alkanes) is 3. The summed E-state index contributed by atoms with van der Waals surface area (Å²) >= 11 is 6.01. The maximum atomic E-state index is 12.3. The van der Waals surface area contributed by atoms with E-state index in [1.54, 1.807) is 0 Å². The lowest BCUT2D eigenvalue weighted by molar-refractivity contribution is -0.129. The van der Waals surface area contributed by atoms with E-state index in [0.717, 1.165) is 56.3 Å². The lowest BCUT2D eigenvalue weighted by atomic mass is 10.0. The fourth-order valence-corrected chi connectivity index (χ4v) is 4.24. The van der Waals surface area contributed by atoms with Crippen LogP contribution in [0.15, 0.2) is 24.3 Å². The summed E-state index contributed by atoms with van der Waals surface area (Å²) in [6.07, 6.45) is 8.61. The van der Waals surface area contributed by atoms with Crippen LogP contribution >= 0.6 is 11.6 Å². The molecule has 2 aromatic rings. The highest BCUT2D eigenvalue weighted by Crippen LogP contribution is 2.24. The van der Waals surface area contributed by atoms with Crippen LogP contribution in [0.4, 0.5) is 0 Å². The van der Waals surface area contributed by atoms with Gasteiger partial charge in [0.2, 0.25) is 5.91 Å². The van der Waals surface area contributed by atoms with Gasteiger partial charge in [-0.25, -0.2) is 0 Å². The number of aliphatic hydroxyl groups is 1. The highest BCUT2D eigenvalue weighted by molar-refractivity contribution is 6.30. The molecule has 2 atom stereocenters. The van der Waals surface area contributed by atoms with Gasteiger partial charge in [0, 0.05) is 30.5 Å². The zero-order valence-electron chi connectivity index (χ0n) is 16.8. The minimum atomic E-state index is -0.465. The molecule has 3 rings (SSSR count). The molecule has 1 aromatic carbocycles. The molecule has 1 aromatic heterocycles. The molecular weight excluding hydrogens is 390 g/mol. The number of nitrogens with one attached hydrogen (secondary N) is 1. The third-order valence-corrected chi connectivity index (χ3v) is 5.83. The van der Waals surface area contributed by atoms with Gasteiger partial charge in [-0.1, -0.05) is 48.2 Å². The van der Waals surface area contributed by atoms with E-state index >= 15 is 0 Å². The van der Waals surface area contributed by atoms with Gasteiger partial charge in [0.1, 0.15) is 0 Å². The van der Waals surface area contributed by atoms with Crippen molar-refractivity contribution in [1.82, 2.24) is 25.5 Å². The van der Waals surface area contributed by atoms with E-state index in [0.29, 0.717) is 36.9 Å². The number of aryl methyl sites for hydroxylation is 1. The summed E-state index contributed by atoms with van der Waals surface area (Å²) in [6, 6.07) is 7.89. The molecule has 7 nitrogen and oxygen atoms in total. The van der Waals surface area contributed by atoms with E-state index in [1.807, 2.05) is 29.2 Å². The minimum Gasteiger partial charge on any atom is -0.393 e. The molecule has 0 bridgehead atoms. The molecule has 2 heterocycles. The predicted molar refractivity (Wildman–Crippen MR) is 111 cm³/mol. The van der Waals surface area contributed by atoms with Gasteiger partial charge in [0.15, 0.2) is 5.82 Å². The Balaban J connectivity index is 1.33. The first-order chi connectivity index (χ1) is 14.1. The van der Waals surface area contributed by atoms with Crippen molar-refractivity contribution in [3.8, 4) is 0 Å². The zero-order chi connectivity index (χ0) is 20.5. The number of rotatable bonds is 12. The molecule has 1 fully saturated rings. The molecule has 1 unspecified atom stereocenters. The first-order valence-corrected chi connectivity index (χ1v) is 10.9. The van der Waals surface area contributed by atoms with Gasteiger partial charge in [0.25, 0.3) is 0 Å². The van der Waals surface area contributed by atoms with Crippen LogP contribution in [0, 0.1) is 0 Å². The van der Waals surface area contributed by atoms with Crippen LogP contribution < -0.4 is 0 Å². The fourth-order valence-electron chi connectivity index (χ4n) is 4.03. The van der Waals surface area contributed by atoms with Crippen molar-refractivity contribution in [3.05, 3.63) is 40.7 Å². The SMILES string of the molecule is O=C1CC[C@H](CCCCCCc2nn[nH]n2)N1CCC(O)Cc1cccc(Cl)c1. The van der Waals surface area contributed by atoms with Crippen LogP contribution in [0.1, 0.15) is 62.8 Å². The summed E-state index contributed by atoms with van der Waals surface area (Å²) < 4.78 is 0. The van der Waals surface area contributed by atoms with Gasteiger partial charge in [-0.15, -0.1) is 10.2 Å². The molecule has 0 saturated carbocycles. The summed E-state index contributed by atoms with van der Waals surface area (Å²) in [5.41, 5.74) is 1.02. The molecular formula is C21H30ClN5O2. The van der Waals surface area contributed by atoms with Crippen LogP contribution in [-0.4, -0.2) is 55.2 Å². The van der Waals surface area contributed by atoms with E-state index in [1.165, 1.54) is 0 Å². The van der Waals surface area contributed by atoms with Gasteiger partial charge < -0.3 is 10.0 Å². The Morgan fingerprint density at radius 2 is 2.14 bits per heavy atom. The number of carbonyl (C=O) groups excluding carboxylic acids is 1. The normalized spacial score (nSPS) is 17.8. The maximum Gasteiger partial charge on any atom is 0.222 e. The van der Waals surface area contributed by atoms with Crippen molar-refractivity contribution in [2.45, 2.75) is 76.4 Å². The molecule has 158 valence electrons. The average Bonchev–Trinajstić information content (AvgIpc) is 3.33. The van der Waals surface area contributed by atoms with Gasteiger partial charge in [-0.3, -0.25) is 4.79 Å². The second-order valence-electron chi connectivity index (χ2n) is 7.84. The number of amides is 1. The molecule has 1 aliphatic heterocycles. The van der Waals surface area contributed by atoms with Crippen LogP contribution in [0.2, 0.25) is 5.02 Å². The van der Waals surface area contributed by atoms with Crippen molar-refractivity contribution in [1.29, 1.82) is 0 Å². The zero-order valence-corrected chi connectivity index (χ0v) is 17.5. The third-order valence-electron chi connectivity index (χ3n) is 5.59. The quantitative estimate of drug-likeness (QED) is 0.514. The number of tetrazole rings is 1. The Labute approximate surface area is 176 Å². The number of halogens is 1. The van der Waals surface area contributed by atoms with Gasteiger partial charge in [-0.05, 0) is 49.8 Å². The van der Waals surface area contributed by atoms with Gasteiger partial charge in [0.05, 0.1) is 6.10 Å². The molecule has 1 saturated heterocycles. The molecule has 0 aliphatic carbocycles. The number of likely N-dealkylation sites (tertiary alicyclic amines) is 1. The third kappa shape index (κ3) is 7.08. The Hall–Kier alpha value is -1.99. The molecule has 1 amide bonds. The lowest BCUT2D eigenvalue weighted by Gasteiger charge is -2.26. The highest BCUT2D eigenvalue weighted by atomic mass is 35.5. The minimum absolute atomic E-state index is 0.224. The second kappa shape index (κ2) is 11.3. The van der Waals surface area contributed by atoms with Crippen LogP contribution in [0.3, 0.4) is 0 Å². The predicted octanol–water partition coefficient (Wildman–Crippen LogP) is 3.33. The van der Waals surface area contributed by atoms with Crippen molar-refractivity contribution >= 4 is 17.5 Å². The Morgan fingerprint density at radius 1 is 1.28 bits per heavy atom. The first kappa shape index (κ1) is 21.7. The average molecular weight is 420 g/mol. The monoisotopic (exact) mass is 419 g/mol. The summed E-state index contributed by atoms with van der Waals surface area (Å²) in [4.78, 5) is 14.3. The van der Waals surface area contributed by atoms with Crippen LogP contribution in [-0.2, 0) is 17.6 Å². The Bertz CT molecular complexity index is 755. The molecule has 29 heavy (non-hydrogen) atoms. The number of H-pyrrole nitrogens is 1. The number of aromatic amines is 1. The number of aromatic nitrogens is 4. The first-order valence-electron chi connectivity index (χ1n) is 10.6. The number of carbonyl (C=O) groups is 1. The van der Waals surface area contributed by atoms with Crippen LogP contribution in [0.25, 0.3) is 0 Å². The van der Waals surface area contributed by atoms with Gasteiger partial charge in [-0.2, -0.15) is 5.21 Å². The maximum absolute atomic E-state index is 12.3. The number of nitrogens with zero attached hydrogens (tertiary/aromatic N) is 4. The van der Waals surface area contributed by atoms with E-state index in [4.69, 9.17) is 11.6 Å². The Morgan fingerprint density at radius 3 is 2.93 bits per heavy atom. The summed E-state index contributed by atoms with van der Waals surface area (Å²) in [6.45, 7) is 0.628. The summed E-state index contributed by atoms with van der Waals surface area (Å²) in [7, 11) is 0. The molecule has 2 N–H and O–H groups in total. The lowest BCUT2D eigenvalue weighted by Crippen LogP contribution is -2.35. The van der Waals surface area contributed by atoms with E-state index in [9.17, 15) is 9.90 Å². The number of hydrogen-bond donors (Lipinski definition) is 2. The number of benzene rings is 1. The van der Waals surface area contributed by atoms with Crippen LogP contribution in [0.5, 0.6) is 0 Å². The smallest absolute Gasteiger partial charge is 0.222 e. The largest absolute Gasteiger partial charge is 0.393 e. The molecule has 8 heteroatoms. The molecule has 1 aliphatic rings. The number of hydrogen-bond acceptors (Lipinski definition) is 5. The molecule has 0 radical (unpaired) electrons. The van der Waals surface area contributed by atoms with Crippen molar-refractivity contribution < 1.29 is 9.90 Å². The van der Waals surface area contributed by atoms with E-state index < -0.39 is 6.10 Å².